The molecular formula is C50H89N11O14S. The number of hydrogen-bond acceptors (Lipinski definition) is 15. The second-order valence-electron chi connectivity index (χ2n) is 21.4. The van der Waals surface area contributed by atoms with E-state index in [4.69, 9.17) is 14.2 Å². The Kier molecular flexibility index (Phi) is 31.5. The second-order valence-corrected chi connectivity index (χ2v) is 22.5. The molecule has 0 aromatic rings. The molecule has 11 amide bonds. The van der Waals surface area contributed by atoms with Crippen LogP contribution in [-0.4, -0.2) is 157 Å². The molecule has 1 aliphatic heterocycles. The quantitative estimate of drug-likeness (QED) is 0.0355. The highest BCUT2D eigenvalue weighted by atomic mass is 32.2. The zero-order valence-corrected chi connectivity index (χ0v) is 47.5. The number of unbranched alkanes of at least 4 members (excludes halogenated alkanes) is 4. The highest BCUT2D eigenvalue weighted by Gasteiger charge is 2.32. The highest BCUT2D eigenvalue weighted by Crippen LogP contribution is 2.12. The zero-order chi connectivity index (χ0) is 57.5. The first-order chi connectivity index (χ1) is 35.4. The van der Waals surface area contributed by atoms with E-state index >= 15 is 0 Å². The SMILES string of the molecule is CC(=O)NCSCCC(=O)NCCCC[C@H]1NC(=O)[C@H](CCCCNC(=O)OC(C)(C)C)NC(=O)CNC(=O)[C@H](CCCCNC(=O)OC(C)(C)C)NC(=O)[C@@H](C)NC(=O)[C@H](CCCCNC(=O)OC(C)(C)C)NC1=O. The van der Waals surface area contributed by atoms with Crippen molar-refractivity contribution >= 4 is 77.3 Å². The second kappa shape index (κ2) is 35.3. The molecule has 25 nitrogen and oxygen atoms in total. The van der Waals surface area contributed by atoms with E-state index in [9.17, 15) is 52.7 Å². The van der Waals surface area contributed by atoms with E-state index in [2.05, 4.69) is 58.5 Å². The fourth-order valence-electron chi connectivity index (χ4n) is 6.95. The summed E-state index contributed by atoms with van der Waals surface area (Å²) in [5, 5.41) is 29.3. The van der Waals surface area contributed by atoms with Gasteiger partial charge in [0.25, 0.3) is 0 Å². The molecule has 1 fully saturated rings. The lowest BCUT2D eigenvalue weighted by molar-refractivity contribution is -0.136. The molecule has 0 aromatic heterocycles. The molecule has 1 heterocycles. The van der Waals surface area contributed by atoms with Gasteiger partial charge in [-0.25, -0.2) is 14.4 Å². The van der Waals surface area contributed by atoms with Gasteiger partial charge in [0.05, 0.1) is 12.4 Å². The first-order valence-electron chi connectivity index (χ1n) is 26.2. The lowest BCUT2D eigenvalue weighted by Gasteiger charge is -2.27. The average Bonchev–Trinajstić information content (AvgIpc) is 3.28. The van der Waals surface area contributed by atoms with Crippen LogP contribution >= 0.6 is 11.8 Å². The normalized spacial score (nSPS) is 19.3. The summed E-state index contributed by atoms with van der Waals surface area (Å²) in [4.78, 5) is 144. The van der Waals surface area contributed by atoms with Crippen LogP contribution in [0.5, 0.6) is 0 Å². The summed E-state index contributed by atoms with van der Waals surface area (Å²) < 4.78 is 15.9. The van der Waals surface area contributed by atoms with E-state index in [-0.39, 0.29) is 70.1 Å². The molecule has 1 rings (SSSR count). The molecule has 0 radical (unpaired) electrons. The van der Waals surface area contributed by atoms with Crippen molar-refractivity contribution in [3.63, 3.8) is 0 Å². The molecule has 0 spiro atoms. The molecule has 76 heavy (non-hydrogen) atoms. The van der Waals surface area contributed by atoms with E-state index < -0.39 is 107 Å². The van der Waals surface area contributed by atoms with Gasteiger partial charge in [0.2, 0.25) is 47.3 Å². The van der Waals surface area contributed by atoms with E-state index in [1.54, 1.807) is 62.3 Å². The maximum Gasteiger partial charge on any atom is 0.407 e. The molecule has 1 saturated heterocycles. The molecule has 5 atom stereocenters. The summed E-state index contributed by atoms with van der Waals surface area (Å²) >= 11 is 1.39. The summed E-state index contributed by atoms with van der Waals surface area (Å²) in [7, 11) is 0. The van der Waals surface area contributed by atoms with Crippen molar-refractivity contribution in [3.05, 3.63) is 0 Å². The van der Waals surface area contributed by atoms with Gasteiger partial charge in [0.15, 0.2) is 0 Å². The number of amides is 11. The van der Waals surface area contributed by atoms with E-state index in [0.717, 1.165) is 0 Å². The third-order valence-corrected chi connectivity index (χ3v) is 11.5. The maximum absolute atomic E-state index is 14.3. The van der Waals surface area contributed by atoms with Gasteiger partial charge in [0, 0.05) is 45.3 Å². The van der Waals surface area contributed by atoms with E-state index in [1.807, 2.05) is 0 Å². The summed E-state index contributed by atoms with van der Waals surface area (Å²) in [6, 6.07) is -6.25. The minimum Gasteiger partial charge on any atom is -0.444 e. The number of thioether (sulfide) groups is 1. The monoisotopic (exact) mass is 1100 g/mol. The van der Waals surface area contributed by atoms with E-state index in [0.29, 0.717) is 63.0 Å². The first kappa shape index (κ1) is 67.9. The molecule has 0 aromatic carbocycles. The number of ether oxygens (including phenoxy) is 3. The van der Waals surface area contributed by atoms with Gasteiger partial charge >= 0.3 is 18.3 Å². The van der Waals surface area contributed by atoms with Crippen molar-refractivity contribution in [2.24, 2.45) is 0 Å². The van der Waals surface area contributed by atoms with Crippen molar-refractivity contribution < 1.29 is 67.0 Å². The maximum atomic E-state index is 14.3. The number of hydrogen-bond donors (Lipinski definition) is 11. The number of carbonyl (C=O) groups excluding carboxylic acids is 11. The van der Waals surface area contributed by atoms with Gasteiger partial charge in [-0.1, -0.05) is 0 Å². The standard InChI is InChI=1S/C50H89N11O14S/c1-32-40(65)59-34(20-13-17-26-52-45(70)73-48(3,4)5)41(66)55-30-39(64)58-35(21-14-18-27-53-46(71)74-49(6,7)8)43(68)61-37(23-12-16-25-51-38(63)24-29-76-31-56-33(2)62)44(69)60-36(42(67)57-32)22-15-19-28-54-47(72)75-50(9,10)11/h32,34-37H,12-31H2,1-11H3,(H,51,63)(H,52,70)(H,53,71)(H,54,72)(H,55,66)(H,56,62)(H,57,67)(H,58,64)(H,59,65)(H,60,69)(H,61,68)/t32-,34+,35+,36+,37-/m1/s1. The fraction of sp³-hybridized carbons (Fsp3) is 0.780. The van der Waals surface area contributed by atoms with Gasteiger partial charge < -0.3 is 72.7 Å². The molecule has 1 aliphatic rings. The van der Waals surface area contributed by atoms with Crippen LogP contribution in [0.2, 0.25) is 0 Å². The summed E-state index contributed by atoms with van der Waals surface area (Å²) in [6.45, 7) is 18.5. The summed E-state index contributed by atoms with van der Waals surface area (Å²) in [5.41, 5.74) is -2.18. The van der Waals surface area contributed by atoms with Gasteiger partial charge in [-0.15, -0.1) is 11.8 Å². The predicted molar refractivity (Wildman–Crippen MR) is 285 cm³/mol. The molecule has 11 N–H and O–H groups in total. The largest absolute Gasteiger partial charge is 0.444 e. The summed E-state index contributed by atoms with van der Waals surface area (Å²) in [6.07, 6.45) is 1.14. The third kappa shape index (κ3) is 34.5. The van der Waals surface area contributed by atoms with Crippen molar-refractivity contribution in [2.75, 3.05) is 44.4 Å². The van der Waals surface area contributed by atoms with Gasteiger partial charge in [-0.3, -0.25) is 38.4 Å². The minimum atomic E-state index is -1.27. The Hall–Kier alpha value is -6.08. The van der Waals surface area contributed by atoms with Crippen LogP contribution in [-0.2, 0) is 52.6 Å². The third-order valence-electron chi connectivity index (χ3n) is 10.6. The average molecular weight is 1100 g/mol. The smallest absolute Gasteiger partial charge is 0.407 e. The molecule has 0 saturated carbocycles. The molecule has 0 aliphatic carbocycles. The lowest BCUT2D eigenvalue weighted by Crippen LogP contribution is -2.59. The van der Waals surface area contributed by atoms with Crippen molar-refractivity contribution in [1.29, 1.82) is 0 Å². The predicted octanol–water partition coefficient (Wildman–Crippen LogP) is 2.15. The van der Waals surface area contributed by atoms with Crippen molar-refractivity contribution in [2.45, 2.75) is 207 Å². The number of alkyl carbamates (subject to hydrolysis) is 3. The molecule has 0 unspecified atom stereocenters. The van der Waals surface area contributed by atoms with E-state index in [1.165, 1.54) is 25.6 Å². The Bertz CT molecular complexity index is 1920. The van der Waals surface area contributed by atoms with Crippen molar-refractivity contribution in [3.8, 4) is 0 Å². The number of nitrogens with one attached hydrogen (secondary N) is 11. The number of carbonyl (C=O) groups is 11. The van der Waals surface area contributed by atoms with Crippen LogP contribution in [0, 0.1) is 0 Å². The van der Waals surface area contributed by atoms with Crippen LogP contribution in [0.25, 0.3) is 0 Å². The molecule has 26 heteroatoms. The Morgan fingerprint density at radius 2 is 0.842 bits per heavy atom. The minimum absolute atomic E-state index is 0.0239. The lowest BCUT2D eigenvalue weighted by atomic mass is 10.0. The Labute approximate surface area is 452 Å². The molecule has 434 valence electrons. The fourth-order valence-corrected chi connectivity index (χ4v) is 7.73. The molecule has 0 bridgehead atoms. The van der Waals surface area contributed by atoms with Crippen LogP contribution in [0.4, 0.5) is 14.4 Å². The first-order valence-corrected chi connectivity index (χ1v) is 27.4. The Morgan fingerprint density at radius 3 is 1.24 bits per heavy atom. The Morgan fingerprint density at radius 1 is 0.487 bits per heavy atom. The van der Waals surface area contributed by atoms with Crippen LogP contribution in [0.15, 0.2) is 0 Å². The number of rotatable bonds is 25. The molecular weight excluding hydrogens is 1010 g/mol. The topological polar surface area (TPSA) is 348 Å². The van der Waals surface area contributed by atoms with Crippen LogP contribution in [0.1, 0.15) is 160 Å². The zero-order valence-electron chi connectivity index (χ0n) is 46.7. The highest BCUT2D eigenvalue weighted by molar-refractivity contribution is 7.99. The van der Waals surface area contributed by atoms with Crippen LogP contribution < -0.4 is 58.5 Å². The van der Waals surface area contributed by atoms with Gasteiger partial charge in [-0.2, -0.15) is 0 Å². The van der Waals surface area contributed by atoms with Gasteiger partial charge in [-0.05, 0) is 146 Å². The van der Waals surface area contributed by atoms with Crippen LogP contribution in [0.3, 0.4) is 0 Å². The summed E-state index contributed by atoms with van der Waals surface area (Å²) in [5.74, 6) is -4.05. The van der Waals surface area contributed by atoms with Crippen molar-refractivity contribution in [1.82, 2.24) is 58.5 Å². The van der Waals surface area contributed by atoms with Gasteiger partial charge in [0.1, 0.15) is 47.0 Å². The Balaban J connectivity index is 3.50.